The van der Waals surface area contributed by atoms with E-state index in [9.17, 15) is 0 Å². The molecule has 0 saturated heterocycles. The summed E-state index contributed by atoms with van der Waals surface area (Å²) >= 11 is 3.55. The molecule has 0 bridgehead atoms. The highest BCUT2D eigenvalue weighted by Gasteiger charge is 2.12. The largest absolute Gasteiger partial charge is 0.385 e. The number of aromatic nitrogens is 1. The molecule has 0 spiro atoms. The highest BCUT2D eigenvalue weighted by Crippen LogP contribution is 2.34. The molecule has 1 aromatic heterocycles. The fourth-order valence-electron chi connectivity index (χ4n) is 2.61. The minimum Gasteiger partial charge on any atom is -0.385 e. The number of anilines is 1. The maximum Gasteiger partial charge on any atom is 0.106 e. The number of hydrogen-bond donors (Lipinski definition) is 2. The molecule has 0 atom stereocenters. The molecule has 0 amide bonds. The Morgan fingerprint density at radius 1 is 1.18 bits per heavy atom. The number of H-pyrrole nitrogens is 1. The predicted octanol–water partition coefficient (Wildman–Crippen LogP) is 5.15. The summed E-state index contributed by atoms with van der Waals surface area (Å²) < 4.78 is 1.11. The third-order valence-electron chi connectivity index (χ3n) is 3.58. The first-order chi connectivity index (χ1) is 10.7. The van der Waals surface area contributed by atoms with Crippen molar-refractivity contribution in [3.8, 4) is 11.3 Å². The fraction of sp³-hybridized carbons (Fsp3) is 0.167. The van der Waals surface area contributed by atoms with Crippen LogP contribution in [0.5, 0.6) is 0 Å². The first kappa shape index (κ1) is 16.3. The van der Waals surface area contributed by atoms with E-state index in [0.717, 1.165) is 11.0 Å². The third-order valence-corrected chi connectivity index (χ3v) is 4.08. The van der Waals surface area contributed by atoms with Gasteiger partial charge in [0.25, 0.3) is 0 Å². The SMILES string of the molecule is C=O.CCNc1ccccc1-c1[nH]c2ccc(Br)cc2c1C. The lowest BCUT2D eigenvalue weighted by atomic mass is 10.0. The van der Waals surface area contributed by atoms with Gasteiger partial charge in [-0.05, 0) is 43.7 Å². The lowest BCUT2D eigenvalue weighted by Crippen LogP contribution is -1.98. The van der Waals surface area contributed by atoms with Gasteiger partial charge in [-0.25, -0.2) is 0 Å². The Labute approximate surface area is 138 Å². The van der Waals surface area contributed by atoms with E-state index < -0.39 is 0 Å². The summed E-state index contributed by atoms with van der Waals surface area (Å²) in [5.41, 5.74) is 6.04. The average molecular weight is 359 g/mol. The molecule has 114 valence electrons. The van der Waals surface area contributed by atoms with Crippen LogP contribution in [0.15, 0.2) is 46.9 Å². The first-order valence-electron chi connectivity index (χ1n) is 7.10. The van der Waals surface area contributed by atoms with Crippen LogP contribution in [0.3, 0.4) is 0 Å². The maximum atomic E-state index is 8.00. The van der Waals surface area contributed by atoms with Crippen LogP contribution in [0, 0.1) is 6.92 Å². The van der Waals surface area contributed by atoms with Crippen molar-refractivity contribution in [2.75, 3.05) is 11.9 Å². The Balaban J connectivity index is 0.000000847. The quantitative estimate of drug-likeness (QED) is 0.679. The van der Waals surface area contributed by atoms with Crippen LogP contribution in [-0.4, -0.2) is 18.3 Å². The maximum absolute atomic E-state index is 8.00. The molecule has 0 aliphatic heterocycles. The predicted molar refractivity (Wildman–Crippen MR) is 97.5 cm³/mol. The molecule has 22 heavy (non-hydrogen) atoms. The second-order valence-electron chi connectivity index (χ2n) is 4.89. The molecule has 0 fully saturated rings. The molecule has 0 aliphatic rings. The smallest absolute Gasteiger partial charge is 0.106 e. The van der Waals surface area contributed by atoms with E-state index in [1.54, 1.807) is 0 Å². The Kier molecular flexibility index (Phi) is 5.39. The third kappa shape index (κ3) is 3.07. The van der Waals surface area contributed by atoms with Gasteiger partial charge in [0, 0.05) is 33.2 Å². The van der Waals surface area contributed by atoms with Crippen molar-refractivity contribution in [1.82, 2.24) is 4.98 Å². The summed E-state index contributed by atoms with van der Waals surface area (Å²) in [4.78, 5) is 11.5. The monoisotopic (exact) mass is 358 g/mol. The van der Waals surface area contributed by atoms with E-state index in [1.165, 1.54) is 33.4 Å². The minimum absolute atomic E-state index is 0.918. The van der Waals surface area contributed by atoms with E-state index in [1.807, 2.05) is 6.79 Å². The number of carbonyl (C=O) groups is 1. The zero-order valence-corrected chi connectivity index (χ0v) is 14.3. The van der Waals surface area contributed by atoms with Crippen LogP contribution in [0.25, 0.3) is 22.2 Å². The molecule has 3 rings (SSSR count). The lowest BCUT2D eigenvalue weighted by molar-refractivity contribution is -0.0979. The Morgan fingerprint density at radius 2 is 1.91 bits per heavy atom. The van der Waals surface area contributed by atoms with E-state index in [-0.39, 0.29) is 0 Å². The molecule has 2 N–H and O–H groups in total. The van der Waals surface area contributed by atoms with Crippen LogP contribution in [-0.2, 0) is 4.79 Å². The van der Waals surface area contributed by atoms with Gasteiger partial charge in [-0.1, -0.05) is 34.1 Å². The van der Waals surface area contributed by atoms with Crippen LogP contribution < -0.4 is 5.32 Å². The normalized spacial score (nSPS) is 10.1. The van der Waals surface area contributed by atoms with Gasteiger partial charge in [0.15, 0.2) is 0 Å². The molecule has 0 aliphatic carbocycles. The molecule has 3 nitrogen and oxygen atoms in total. The molecule has 4 heteroatoms. The van der Waals surface area contributed by atoms with Gasteiger partial charge < -0.3 is 15.1 Å². The van der Waals surface area contributed by atoms with Gasteiger partial charge in [-0.2, -0.15) is 0 Å². The van der Waals surface area contributed by atoms with Crippen LogP contribution in [0.1, 0.15) is 12.5 Å². The number of rotatable bonds is 3. The van der Waals surface area contributed by atoms with Gasteiger partial charge in [-0.3, -0.25) is 0 Å². The van der Waals surface area contributed by atoms with Crippen molar-refractivity contribution >= 4 is 39.3 Å². The molecule has 0 radical (unpaired) electrons. The van der Waals surface area contributed by atoms with Crippen molar-refractivity contribution in [2.45, 2.75) is 13.8 Å². The van der Waals surface area contributed by atoms with Crippen molar-refractivity contribution in [3.63, 3.8) is 0 Å². The number of para-hydroxylation sites is 1. The zero-order chi connectivity index (χ0) is 16.1. The Hall–Kier alpha value is -2.07. The summed E-state index contributed by atoms with van der Waals surface area (Å²) in [6, 6.07) is 14.8. The van der Waals surface area contributed by atoms with Gasteiger partial charge in [-0.15, -0.1) is 0 Å². The second-order valence-corrected chi connectivity index (χ2v) is 5.81. The van der Waals surface area contributed by atoms with Crippen molar-refractivity contribution in [1.29, 1.82) is 0 Å². The van der Waals surface area contributed by atoms with E-state index in [2.05, 4.69) is 82.5 Å². The Bertz CT molecular complexity index is 780. The molecule has 3 aromatic rings. The highest BCUT2D eigenvalue weighted by atomic mass is 79.9. The first-order valence-corrected chi connectivity index (χ1v) is 7.90. The van der Waals surface area contributed by atoms with E-state index in [4.69, 9.17) is 4.79 Å². The van der Waals surface area contributed by atoms with Crippen molar-refractivity contribution in [3.05, 3.63) is 52.5 Å². The number of aryl methyl sites for hydroxylation is 1. The number of benzene rings is 2. The summed E-state index contributed by atoms with van der Waals surface area (Å²) in [6.45, 7) is 7.21. The topological polar surface area (TPSA) is 44.9 Å². The van der Waals surface area contributed by atoms with Gasteiger partial charge in [0.05, 0.1) is 5.69 Å². The number of hydrogen-bond acceptors (Lipinski definition) is 2. The average Bonchev–Trinajstić information content (AvgIpc) is 2.87. The van der Waals surface area contributed by atoms with Gasteiger partial charge >= 0.3 is 0 Å². The van der Waals surface area contributed by atoms with Crippen LogP contribution in [0.2, 0.25) is 0 Å². The number of nitrogens with one attached hydrogen (secondary N) is 2. The standard InChI is InChI=1S/C17H17BrN2.CH2O/c1-3-19-15-7-5-4-6-13(15)17-11(2)14-10-12(18)8-9-16(14)20-17;1-2/h4-10,19-20H,3H2,1-2H3;1H2. The molecule has 0 unspecified atom stereocenters. The van der Waals surface area contributed by atoms with Gasteiger partial charge in [0.2, 0.25) is 0 Å². The summed E-state index contributed by atoms with van der Waals surface area (Å²) in [5.74, 6) is 0. The summed E-state index contributed by atoms with van der Waals surface area (Å²) in [7, 11) is 0. The minimum atomic E-state index is 0.918. The highest BCUT2D eigenvalue weighted by molar-refractivity contribution is 9.10. The number of halogens is 1. The van der Waals surface area contributed by atoms with Gasteiger partial charge in [0.1, 0.15) is 6.79 Å². The van der Waals surface area contributed by atoms with E-state index >= 15 is 0 Å². The summed E-state index contributed by atoms with van der Waals surface area (Å²) in [6.07, 6.45) is 0. The Morgan fingerprint density at radius 3 is 2.64 bits per heavy atom. The zero-order valence-electron chi connectivity index (χ0n) is 12.7. The van der Waals surface area contributed by atoms with E-state index in [0.29, 0.717) is 0 Å². The van der Waals surface area contributed by atoms with Crippen molar-refractivity contribution < 1.29 is 4.79 Å². The number of carbonyl (C=O) groups excluding carboxylic acids is 1. The molecule has 1 heterocycles. The fourth-order valence-corrected chi connectivity index (χ4v) is 2.97. The van der Waals surface area contributed by atoms with Crippen LogP contribution in [0.4, 0.5) is 5.69 Å². The molecule has 2 aromatic carbocycles. The number of aromatic amines is 1. The van der Waals surface area contributed by atoms with Crippen LogP contribution >= 0.6 is 15.9 Å². The molecular formula is C18H19BrN2O. The molecule has 0 saturated carbocycles. The number of fused-ring (bicyclic) bond motifs is 1. The second kappa shape index (κ2) is 7.27. The summed E-state index contributed by atoms with van der Waals surface area (Å²) in [5, 5.41) is 4.69. The molecular weight excluding hydrogens is 340 g/mol. The van der Waals surface area contributed by atoms with Crippen molar-refractivity contribution in [2.24, 2.45) is 0 Å². The lowest BCUT2D eigenvalue weighted by Gasteiger charge is -2.10.